The predicted molar refractivity (Wildman–Crippen MR) is 140 cm³/mol. The Balaban J connectivity index is 1.39. The van der Waals surface area contributed by atoms with Crippen LogP contribution >= 0.6 is 0 Å². The summed E-state index contributed by atoms with van der Waals surface area (Å²) in [4.78, 5) is 47.7. The Bertz CT molecular complexity index is 1520. The van der Waals surface area contributed by atoms with Crippen molar-refractivity contribution in [1.82, 2.24) is 24.9 Å². The number of pyridine rings is 1. The van der Waals surface area contributed by atoms with E-state index >= 15 is 0 Å². The summed E-state index contributed by atoms with van der Waals surface area (Å²) in [6.07, 6.45) is 5.38. The number of aromatic nitrogens is 5. The van der Waals surface area contributed by atoms with Crippen LogP contribution in [-0.2, 0) is 9.53 Å². The van der Waals surface area contributed by atoms with E-state index in [1.807, 2.05) is 30.3 Å². The number of carbonyl (C=O) groups is 2. The van der Waals surface area contributed by atoms with Gasteiger partial charge in [0, 0.05) is 48.8 Å². The van der Waals surface area contributed by atoms with Gasteiger partial charge in [-0.25, -0.2) is 24.7 Å². The van der Waals surface area contributed by atoms with Gasteiger partial charge in [0.2, 0.25) is 11.9 Å². The molecule has 0 atom stereocenters. The largest absolute Gasteiger partial charge is 0.465 e. The highest BCUT2D eigenvalue weighted by atomic mass is 16.5. The normalized spacial score (nSPS) is 15.3. The molecule has 12 heteroatoms. The van der Waals surface area contributed by atoms with Crippen LogP contribution in [0.2, 0.25) is 0 Å². The number of carboxylic acid groups (broad SMARTS) is 1. The molecule has 3 N–H and O–H groups in total. The lowest BCUT2D eigenvalue weighted by atomic mass is 10.1. The van der Waals surface area contributed by atoms with Crippen molar-refractivity contribution in [3.05, 3.63) is 48.9 Å². The zero-order valence-electron chi connectivity index (χ0n) is 20.3. The van der Waals surface area contributed by atoms with Gasteiger partial charge in [0.05, 0.1) is 24.3 Å². The number of hydrogen-bond donors (Lipinski definition) is 3. The molecule has 2 fully saturated rings. The number of carbonyl (C=O) groups excluding carboxylic acids is 1. The molecule has 2 amide bonds. The van der Waals surface area contributed by atoms with Crippen molar-refractivity contribution in [2.45, 2.75) is 12.8 Å². The smallest absolute Gasteiger partial charge is 0.411 e. The summed E-state index contributed by atoms with van der Waals surface area (Å²) in [6, 6.07) is 9.61. The standard InChI is InChI=1S/C26H24N8O4/c35-24(15-4-5-15)30-19-3-1-2-16(10-19)17-11-20-21(27-12-17)23(34-6-8-38-9-7-34)32-22(31-20)18-13-28-25(29-14-18)33-26(36)37/h1-3,10-15H,4-9H2,(H,30,35)(H,36,37)(H,28,29,33). The zero-order chi connectivity index (χ0) is 26.1. The minimum atomic E-state index is -1.25. The Labute approximate surface area is 217 Å². The van der Waals surface area contributed by atoms with Gasteiger partial charge < -0.3 is 20.1 Å². The molecule has 1 saturated carbocycles. The molecule has 6 rings (SSSR count). The van der Waals surface area contributed by atoms with Crippen molar-refractivity contribution >= 4 is 40.5 Å². The first-order chi connectivity index (χ1) is 18.5. The van der Waals surface area contributed by atoms with Gasteiger partial charge in [-0.2, -0.15) is 0 Å². The topological polar surface area (TPSA) is 155 Å². The Morgan fingerprint density at radius 2 is 1.68 bits per heavy atom. The zero-order valence-corrected chi connectivity index (χ0v) is 20.3. The average molecular weight is 513 g/mol. The number of nitrogens with zero attached hydrogens (tertiary/aromatic N) is 6. The van der Waals surface area contributed by atoms with Gasteiger partial charge in [0.15, 0.2) is 11.6 Å². The number of hydrogen-bond acceptors (Lipinski definition) is 9. The molecular weight excluding hydrogens is 488 g/mol. The molecule has 4 heterocycles. The second-order valence-corrected chi connectivity index (χ2v) is 9.13. The lowest BCUT2D eigenvalue weighted by molar-refractivity contribution is -0.117. The maximum Gasteiger partial charge on any atom is 0.411 e. The summed E-state index contributed by atoms with van der Waals surface area (Å²) < 4.78 is 5.52. The van der Waals surface area contributed by atoms with Gasteiger partial charge in [0.25, 0.3) is 0 Å². The highest BCUT2D eigenvalue weighted by Gasteiger charge is 2.29. The van der Waals surface area contributed by atoms with E-state index in [0.717, 1.165) is 29.7 Å². The van der Waals surface area contributed by atoms with Crippen molar-refractivity contribution < 1.29 is 19.4 Å². The predicted octanol–water partition coefficient (Wildman–Crippen LogP) is 3.42. The summed E-state index contributed by atoms with van der Waals surface area (Å²) in [5.41, 5.74) is 4.30. The third kappa shape index (κ3) is 5.06. The number of benzene rings is 1. The SMILES string of the molecule is O=C(O)Nc1ncc(-c2nc(N3CCOCC3)c3ncc(-c4cccc(NC(=O)C5CC5)c4)cc3n2)cn1. The van der Waals surface area contributed by atoms with E-state index in [2.05, 4.69) is 25.5 Å². The summed E-state index contributed by atoms with van der Waals surface area (Å²) in [5, 5.41) is 14.0. The van der Waals surface area contributed by atoms with Gasteiger partial charge in [-0.05, 0) is 36.6 Å². The minimum absolute atomic E-state index is 0.0342. The first-order valence-electron chi connectivity index (χ1n) is 12.3. The quantitative estimate of drug-likeness (QED) is 0.350. The van der Waals surface area contributed by atoms with Gasteiger partial charge in [-0.1, -0.05) is 12.1 Å². The average Bonchev–Trinajstić information content (AvgIpc) is 3.79. The molecular formula is C26H24N8O4. The first-order valence-corrected chi connectivity index (χ1v) is 12.3. The van der Waals surface area contributed by atoms with Crippen LogP contribution in [0, 0.1) is 5.92 Å². The molecule has 1 aliphatic carbocycles. The van der Waals surface area contributed by atoms with Crippen LogP contribution < -0.4 is 15.5 Å². The van der Waals surface area contributed by atoms with Gasteiger partial charge in [-0.15, -0.1) is 0 Å². The summed E-state index contributed by atoms with van der Waals surface area (Å²) in [7, 11) is 0. The molecule has 1 saturated heterocycles. The number of rotatable bonds is 6. The molecule has 4 aromatic rings. The van der Waals surface area contributed by atoms with E-state index in [-0.39, 0.29) is 17.8 Å². The van der Waals surface area contributed by atoms with Crippen LogP contribution in [0.25, 0.3) is 33.5 Å². The minimum Gasteiger partial charge on any atom is -0.465 e. The molecule has 2 aliphatic rings. The molecule has 0 radical (unpaired) electrons. The van der Waals surface area contributed by atoms with Gasteiger partial charge in [0.1, 0.15) is 5.52 Å². The summed E-state index contributed by atoms with van der Waals surface area (Å²) in [6.45, 7) is 2.49. The highest BCUT2D eigenvalue weighted by molar-refractivity contribution is 5.95. The molecule has 0 bridgehead atoms. The van der Waals surface area contributed by atoms with Crippen LogP contribution in [0.5, 0.6) is 0 Å². The van der Waals surface area contributed by atoms with Crippen molar-refractivity contribution in [2.75, 3.05) is 41.8 Å². The van der Waals surface area contributed by atoms with Crippen LogP contribution in [0.4, 0.5) is 22.2 Å². The molecule has 3 aromatic heterocycles. The van der Waals surface area contributed by atoms with E-state index in [1.54, 1.807) is 6.20 Å². The second-order valence-electron chi connectivity index (χ2n) is 9.13. The number of ether oxygens (including phenoxy) is 1. The van der Waals surface area contributed by atoms with Crippen molar-refractivity contribution in [1.29, 1.82) is 0 Å². The fourth-order valence-corrected chi connectivity index (χ4v) is 4.26. The van der Waals surface area contributed by atoms with Gasteiger partial charge in [-0.3, -0.25) is 15.1 Å². The molecule has 0 unspecified atom stereocenters. The number of nitrogens with one attached hydrogen (secondary N) is 2. The molecule has 12 nitrogen and oxygen atoms in total. The summed E-state index contributed by atoms with van der Waals surface area (Å²) >= 11 is 0. The number of fused-ring (bicyclic) bond motifs is 1. The van der Waals surface area contributed by atoms with Crippen LogP contribution in [0.15, 0.2) is 48.9 Å². The van der Waals surface area contributed by atoms with Crippen molar-refractivity contribution in [2.24, 2.45) is 5.92 Å². The van der Waals surface area contributed by atoms with E-state index in [0.29, 0.717) is 54.5 Å². The van der Waals surface area contributed by atoms with Crippen molar-refractivity contribution in [3.63, 3.8) is 0 Å². The Hall–Kier alpha value is -4.71. The fraction of sp³-hybridized carbons (Fsp3) is 0.269. The van der Waals surface area contributed by atoms with Crippen LogP contribution in [-0.4, -0.2) is 68.3 Å². The van der Waals surface area contributed by atoms with Gasteiger partial charge >= 0.3 is 6.09 Å². The number of amides is 2. The number of morpholine rings is 1. The molecule has 1 aromatic carbocycles. The molecule has 38 heavy (non-hydrogen) atoms. The Morgan fingerprint density at radius 3 is 2.42 bits per heavy atom. The van der Waals surface area contributed by atoms with E-state index in [9.17, 15) is 9.59 Å². The summed E-state index contributed by atoms with van der Waals surface area (Å²) in [5.74, 6) is 1.21. The molecule has 1 aliphatic heterocycles. The lowest BCUT2D eigenvalue weighted by Gasteiger charge is -2.28. The van der Waals surface area contributed by atoms with Crippen LogP contribution in [0.1, 0.15) is 12.8 Å². The Morgan fingerprint density at radius 1 is 0.921 bits per heavy atom. The fourth-order valence-electron chi connectivity index (χ4n) is 4.26. The Kier molecular flexibility index (Phi) is 6.22. The third-order valence-electron chi connectivity index (χ3n) is 6.37. The lowest BCUT2D eigenvalue weighted by Crippen LogP contribution is -2.37. The first kappa shape index (κ1) is 23.7. The van der Waals surface area contributed by atoms with E-state index < -0.39 is 6.09 Å². The highest BCUT2D eigenvalue weighted by Crippen LogP contribution is 2.32. The maximum atomic E-state index is 12.2. The number of anilines is 3. The maximum absolute atomic E-state index is 12.2. The second kappa shape index (κ2) is 9.98. The van der Waals surface area contributed by atoms with Crippen molar-refractivity contribution in [3.8, 4) is 22.5 Å². The molecule has 192 valence electrons. The monoisotopic (exact) mass is 512 g/mol. The van der Waals surface area contributed by atoms with E-state index in [1.165, 1.54) is 12.4 Å². The molecule has 0 spiro atoms. The van der Waals surface area contributed by atoms with Crippen LogP contribution in [0.3, 0.4) is 0 Å². The van der Waals surface area contributed by atoms with E-state index in [4.69, 9.17) is 24.8 Å². The third-order valence-corrected chi connectivity index (χ3v) is 6.37.